The predicted octanol–water partition coefficient (Wildman–Crippen LogP) is 7.80. The van der Waals surface area contributed by atoms with Crippen molar-refractivity contribution >= 4 is 68.5 Å². The van der Waals surface area contributed by atoms with Crippen LogP contribution in [0.5, 0.6) is 0 Å². The first-order chi connectivity index (χ1) is 19.0. The van der Waals surface area contributed by atoms with E-state index in [9.17, 15) is 0 Å². The maximum Gasteiger partial charge on any atom is 0.113 e. The Hall–Kier alpha value is -1.54. The summed E-state index contributed by atoms with van der Waals surface area (Å²) >= 11 is 25.5. The maximum atomic E-state index is 6.43. The molecule has 0 spiro atoms. The zero-order valence-electron chi connectivity index (χ0n) is 22.0. The fraction of sp³-hybridized carbons (Fsp3) is 0.517. The lowest BCUT2D eigenvalue weighted by Crippen LogP contribution is -2.28. The second-order valence-corrected chi connectivity index (χ2v) is 12.5. The number of piperidine rings is 2. The molecule has 0 atom stereocenters. The first-order valence-corrected chi connectivity index (χ1v) is 15.6. The lowest BCUT2D eigenvalue weighted by molar-refractivity contribution is 0.422. The van der Waals surface area contributed by atoms with Gasteiger partial charge in [-0.2, -0.15) is 0 Å². The van der Waals surface area contributed by atoms with Crippen molar-refractivity contribution in [3.8, 4) is 0 Å². The van der Waals surface area contributed by atoms with Gasteiger partial charge in [-0.25, -0.2) is 9.97 Å². The fourth-order valence-electron chi connectivity index (χ4n) is 6.25. The highest BCUT2D eigenvalue weighted by Gasteiger charge is 2.24. The summed E-state index contributed by atoms with van der Waals surface area (Å²) in [5.41, 5.74) is 4.03. The number of benzene rings is 2. The van der Waals surface area contributed by atoms with Gasteiger partial charge in [-0.05, 0) is 95.4 Å². The largest absolute Gasteiger partial charge is 0.328 e. The highest BCUT2D eigenvalue weighted by Crippen LogP contribution is 2.35. The molecule has 10 heteroatoms. The van der Waals surface area contributed by atoms with Crippen molar-refractivity contribution in [1.82, 2.24) is 29.7 Å². The molecule has 2 aliphatic rings. The number of halogens is 4. The molecule has 0 aliphatic carbocycles. The van der Waals surface area contributed by atoms with Crippen LogP contribution in [0, 0.1) is 0 Å². The van der Waals surface area contributed by atoms with Gasteiger partial charge in [0.1, 0.15) is 11.6 Å². The van der Waals surface area contributed by atoms with Crippen molar-refractivity contribution in [2.24, 2.45) is 0 Å². The molecular formula is C29H34Cl4N6. The van der Waals surface area contributed by atoms with Crippen molar-refractivity contribution in [2.75, 3.05) is 26.2 Å². The van der Waals surface area contributed by atoms with Gasteiger partial charge < -0.3 is 19.8 Å². The summed E-state index contributed by atoms with van der Waals surface area (Å²) in [6.07, 6.45) is 7.63. The SMILES string of the molecule is Clc1cc2nc(C3CCNCC3)n(CCCCCn3c(C4CCNCC4)nc4cc(Cl)c(Cl)cc43)c2cc1Cl. The molecule has 6 nitrogen and oxygen atoms in total. The number of aromatic nitrogens is 4. The second-order valence-electron chi connectivity index (χ2n) is 10.9. The second kappa shape index (κ2) is 12.1. The summed E-state index contributed by atoms with van der Waals surface area (Å²) in [6.45, 7) is 5.96. The topological polar surface area (TPSA) is 59.7 Å². The average Bonchev–Trinajstić information content (AvgIpc) is 3.47. The summed E-state index contributed by atoms with van der Waals surface area (Å²) < 4.78 is 4.78. The van der Waals surface area contributed by atoms with Crippen molar-refractivity contribution < 1.29 is 0 Å². The average molecular weight is 608 g/mol. The van der Waals surface area contributed by atoms with Gasteiger partial charge in [0.15, 0.2) is 0 Å². The van der Waals surface area contributed by atoms with E-state index in [-0.39, 0.29) is 0 Å². The van der Waals surface area contributed by atoms with Crippen LogP contribution < -0.4 is 10.6 Å². The molecule has 2 N–H and O–H groups in total. The van der Waals surface area contributed by atoms with Gasteiger partial charge in [0.05, 0.1) is 42.2 Å². The lowest BCUT2D eigenvalue weighted by atomic mass is 9.97. The molecule has 4 aromatic rings. The lowest BCUT2D eigenvalue weighted by Gasteiger charge is -2.23. The molecule has 208 valence electrons. The van der Waals surface area contributed by atoms with Crippen LogP contribution in [0.4, 0.5) is 0 Å². The number of fused-ring (bicyclic) bond motifs is 2. The van der Waals surface area contributed by atoms with E-state index in [0.717, 1.165) is 106 Å². The number of unbranched alkanes of at least 4 members (excludes halogenated alkanes) is 2. The molecule has 4 heterocycles. The third-order valence-corrected chi connectivity index (χ3v) is 9.76. The van der Waals surface area contributed by atoms with Gasteiger partial charge in [0.25, 0.3) is 0 Å². The number of imidazole rings is 2. The Labute approximate surface area is 249 Å². The highest BCUT2D eigenvalue weighted by molar-refractivity contribution is 6.43. The van der Waals surface area contributed by atoms with Gasteiger partial charge in [0.2, 0.25) is 0 Å². The number of rotatable bonds is 8. The number of aryl methyl sites for hydroxylation is 2. The molecule has 0 bridgehead atoms. The Kier molecular flexibility index (Phi) is 8.60. The van der Waals surface area contributed by atoms with E-state index in [1.165, 1.54) is 11.6 Å². The minimum absolute atomic E-state index is 0.456. The third-order valence-electron chi connectivity index (χ3n) is 8.31. The van der Waals surface area contributed by atoms with Gasteiger partial charge in [-0.3, -0.25) is 0 Å². The Morgan fingerprint density at radius 1 is 0.590 bits per heavy atom. The minimum atomic E-state index is 0.456. The Morgan fingerprint density at radius 2 is 0.974 bits per heavy atom. The number of nitrogens with zero attached hydrogens (tertiary/aromatic N) is 4. The van der Waals surface area contributed by atoms with E-state index >= 15 is 0 Å². The zero-order valence-corrected chi connectivity index (χ0v) is 25.0. The number of hydrogen-bond donors (Lipinski definition) is 2. The number of hydrogen-bond acceptors (Lipinski definition) is 4. The smallest absolute Gasteiger partial charge is 0.113 e. The molecule has 39 heavy (non-hydrogen) atoms. The van der Waals surface area contributed by atoms with Crippen LogP contribution in [-0.2, 0) is 13.1 Å². The summed E-state index contributed by atoms with van der Waals surface area (Å²) in [4.78, 5) is 10.1. The predicted molar refractivity (Wildman–Crippen MR) is 163 cm³/mol. The van der Waals surface area contributed by atoms with Crippen molar-refractivity contribution in [3.63, 3.8) is 0 Å². The van der Waals surface area contributed by atoms with Crippen molar-refractivity contribution in [2.45, 2.75) is 69.9 Å². The molecule has 0 amide bonds. The summed E-state index contributed by atoms with van der Waals surface area (Å²) in [6, 6.07) is 7.78. The van der Waals surface area contributed by atoms with Crippen molar-refractivity contribution in [1.29, 1.82) is 0 Å². The van der Waals surface area contributed by atoms with E-state index in [0.29, 0.717) is 31.9 Å². The molecule has 2 fully saturated rings. The van der Waals surface area contributed by atoms with Crippen LogP contribution in [0.1, 0.15) is 68.4 Å². The molecule has 6 rings (SSSR count). The summed E-state index contributed by atoms with van der Waals surface area (Å²) in [7, 11) is 0. The van der Waals surface area contributed by atoms with E-state index in [4.69, 9.17) is 56.4 Å². The van der Waals surface area contributed by atoms with Gasteiger partial charge >= 0.3 is 0 Å². The molecule has 0 radical (unpaired) electrons. The monoisotopic (exact) mass is 606 g/mol. The van der Waals surface area contributed by atoms with Crippen LogP contribution in [0.25, 0.3) is 22.1 Å². The van der Waals surface area contributed by atoms with E-state index in [2.05, 4.69) is 19.8 Å². The highest BCUT2D eigenvalue weighted by atomic mass is 35.5. The Bertz CT molecular complexity index is 1360. The van der Waals surface area contributed by atoms with E-state index in [1.807, 2.05) is 24.3 Å². The summed E-state index contributed by atoms with van der Waals surface area (Å²) in [5.74, 6) is 3.26. The van der Waals surface area contributed by atoms with Gasteiger partial charge in [-0.1, -0.05) is 46.4 Å². The van der Waals surface area contributed by atoms with E-state index < -0.39 is 0 Å². The minimum Gasteiger partial charge on any atom is -0.328 e. The first-order valence-electron chi connectivity index (χ1n) is 14.1. The molecule has 2 aromatic heterocycles. The first kappa shape index (κ1) is 27.6. The zero-order chi connectivity index (χ0) is 26.9. The molecule has 2 aliphatic heterocycles. The molecule has 0 unspecified atom stereocenters. The van der Waals surface area contributed by atoms with Crippen LogP contribution >= 0.6 is 46.4 Å². The van der Waals surface area contributed by atoms with Crippen LogP contribution in [0.2, 0.25) is 20.1 Å². The molecular weight excluding hydrogens is 574 g/mol. The molecule has 2 aromatic carbocycles. The Morgan fingerprint density at radius 3 is 1.38 bits per heavy atom. The van der Waals surface area contributed by atoms with Crippen molar-refractivity contribution in [3.05, 3.63) is 56.0 Å². The number of nitrogens with one attached hydrogen (secondary N) is 2. The standard InChI is InChI=1S/C29H34Cl4N6/c30-20-14-24-26(16-22(20)32)38(28(36-24)18-4-8-34-9-5-18)12-2-1-3-13-39-27-17-23(33)21(31)15-25(27)37-29(39)19-6-10-35-11-7-19/h14-19,34-35H,1-13H2. The summed E-state index contributed by atoms with van der Waals surface area (Å²) in [5, 5.41) is 9.22. The van der Waals surface area contributed by atoms with E-state index in [1.54, 1.807) is 0 Å². The van der Waals surface area contributed by atoms with Crippen LogP contribution in [-0.4, -0.2) is 45.3 Å². The quantitative estimate of drug-likeness (QED) is 0.201. The maximum absolute atomic E-state index is 6.43. The van der Waals surface area contributed by atoms with Gasteiger partial charge in [0, 0.05) is 24.9 Å². The van der Waals surface area contributed by atoms with Crippen LogP contribution in [0.3, 0.4) is 0 Å². The molecule has 0 saturated carbocycles. The van der Waals surface area contributed by atoms with Crippen LogP contribution in [0.15, 0.2) is 24.3 Å². The third kappa shape index (κ3) is 5.79. The normalized spacial score (nSPS) is 17.5. The Balaban J connectivity index is 1.19. The van der Waals surface area contributed by atoms with Gasteiger partial charge in [-0.15, -0.1) is 0 Å². The molecule has 2 saturated heterocycles. The fourth-order valence-corrected chi connectivity index (χ4v) is 6.88.